The van der Waals surface area contributed by atoms with Crippen molar-refractivity contribution >= 4 is 33.2 Å². The second-order valence-corrected chi connectivity index (χ2v) is 5.25. The molecule has 0 aromatic heterocycles. The lowest BCUT2D eigenvalue weighted by Gasteiger charge is -2.09. The highest BCUT2D eigenvalue weighted by Crippen LogP contribution is 2.28. The van der Waals surface area contributed by atoms with E-state index in [4.69, 9.17) is 16.3 Å². The molecule has 2 rings (SSSR count). The molecule has 5 heteroatoms. The van der Waals surface area contributed by atoms with Gasteiger partial charge in [0.15, 0.2) is 11.5 Å². The van der Waals surface area contributed by atoms with Crippen molar-refractivity contribution in [3.8, 4) is 11.5 Å². The molecule has 0 amide bonds. The molecule has 0 saturated carbocycles. The molecule has 0 unspecified atom stereocenters. The molecule has 0 atom stereocenters. The maximum atomic E-state index is 9.69. The molecule has 2 aromatic carbocycles. The van der Waals surface area contributed by atoms with E-state index >= 15 is 0 Å². The number of phenolic OH excluding ortho intramolecular Hbond substituents is 1. The third-order valence-corrected chi connectivity index (χ3v) is 3.89. The minimum Gasteiger partial charge on any atom is -0.504 e. The van der Waals surface area contributed by atoms with Crippen molar-refractivity contribution in [2.24, 2.45) is 0 Å². The van der Waals surface area contributed by atoms with Crippen LogP contribution in [0.1, 0.15) is 5.56 Å². The lowest BCUT2D eigenvalue weighted by Crippen LogP contribution is -1.99. The number of hydrogen-bond donors (Lipinski definition) is 2. The number of phenols is 1. The van der Waals surface area contributed by atoms with Crippen LogP contribution in [0.2, 0.25) is 5.02 Å². The minimum absolute atomic E-state index is 0.135. The van der Waals surface area contributed by atoms with Crippen molar-refractivity contribution < 1.29 is 9.84 Å². The molecule has 0 aliphatic heterocycles. The predicted octanol–water partition coefficient (Wildman–Crippen LogP) is 4.43. The third-order valence-electron chi connectivity index (χ3n) is 2.66. The minimum atomic E-state index is 0.135. The first-order chi connectivity index (χ1) is 9.10. The highest BCUT2D eigenvalue weighted by Gasteiger charge is 2.03. The van der Waals surface area contributed by atoms with Crippen molar-refractivity contribution in [3.63, 3.8) is 0 Å². The van der Waals surface area contributed by atoms with E-state index in [0.29, 0.717) is 17.3 Å². The van der Waals surface area contributed by atoms with Gasteiger partial charge in [0.1, 0.15) is 0 Å². The van der Waals surface area contributed by atoms with Gasteiger partial charge in [-0.15, -0.1) is 0 Å². The van der Waals surface area contributed by atoms with E-state index < -0.39 is 0 Å². The summed E-state index contributed by atoms with van der Waals surface area (Å²) in [5.41, 5.74) is 1.88. The molecule has 3 nitrogen and oxygen atoms in total. The summed E-state index contributed by atoms with van der Waals surface area (Å²) in [7, 11) is 1.52. The molecule has 0 bridgehead atoms. The van der Waals surface area contributed by atoms with Crippen LogP contribution in [-0.4, -0.2) is 12.2 Å². The Morgan fingerprint density at radius 2 is 2.05 bits per heavy atom. The Balaban J connectivity index is 2.05. The molecule has 100 valence electrons. The summed E-state index contributed by atoms with van der Waals surface area (Å²) >= 11 is 9.36. The van der Waals surface area contributed by atoms with E-state index in [1.807, 2.05) is 24.3 Å². The molecule has 0 heterocycles. The summed E-state index contributed by atoms with van der Waals surface area (Å²) in [4.78, 5) is 0. The van der Waals surface area contributed by atoms with Gasteiger partial charge in [-0.25, -0.2) is 0 Å². The number of anilines is 1. The highest BCUT2D eigenvalue weighted by molar-refractivity contribution is 9.10. The van der Waals surface area contributed by atoms with E-state index in [1.165, 1.54) is 7.11 Å². The first-order valence-electron chi connectivity index (χ1n) is 5.65. The average Bonchev–Trinajstić information content (AvgIpc) is 2.40. The van der Waals surface area contributed by atoms with Crippen LogP contribution in [-0.2, 0) is 6.54 Å². The largest absolute Gasteiger partial charge is 0.504 e. The lowest BCUT2D eigenvalue weighted by atomic mass is 10.2. The van der Waals surface area contributed by atoms with Crippen LogP contribution in [0, 0.1) is 0 Å². The lowest BCUT2D eigenvalue weighted by molar-refractivity contribution is 0.373. The zero-order valence-corrected chi connectivity index (χ0v) is 12.6. The fourth-order valence-electron chi connectivity index (χ4n) is 1.66. The van der Waals surface area contributed by atoms with Gasteiger partial charge in [-0.2, -0.15) is 0 Å². The zero-order chi connectivity index (χ0) is 13.8. The normalized spacial score (nSPS) is 10.3. The summed E-state index contributed by atoms with van der Waals surface area (Å²) in [6.07, 6.45) is 0. The molecule has 0 saturated heterocycles. The smallest absolute Gasteiger partial charge is 0.160 e. The first-order valence-corrected chi connectivity index (χ1v) is 6.82. The Morgan fingerprint density at radius 3 is 2.68 bits per heavy atom. The van der Waals surface area contributed by atoms with Crippen LogP contribution in [0.15, 0.2) is 40.9 Å². The molecule has 19 heavy (non-hydrogen) atoms. The van der Waals surface area contributed by atoms with E-state index in [9.17, 15) is 5.11 Å². The molecule has 0 spiro atoms. The molecule has 0 aliphatic carbocycles. The topological polar surface area (TPSA) is 41.5 Å². The average molecular weight is 343 g/mol. The number of halogens is 2. The van der Waals surface area contributed by atoms with Crippen LogP contribution in [0.25, 0.3) is 0 Å². The van der Waals surface area contributed by atoms with Crippen molar-refractivity contribution in [1.82, 2.24) is 0 Å². The van der Waals surface area contributed by atoms with Gasteiger partial charge in [-0.05, 0) is 51.8 Å². The number of benzene rings is 2. The second kappa shape index (κ2) is 6.17. The molecule has 0 fully saturated rings. The van der Waals surface area contributed by atoms with Gasteiger partial charge in [0.2, 0.25) is 0 Å². The van der Waals surface area contributed by atoms with Gasteiger partial charge in [-0.1, -0.05) is 17.7 Å². The molecule has 2 N–H and O–H groups in total. The van der Waals surface area contributed by atoms with Crippen molar-refractivity contribution in [3.05, 3.63) is 51.5 Å². The van der Waals surface area contributed by atoms with Gasteiger partial charge in [0.05, 0.1) is 12.1 Å². The van der Waals surface area contributed by atoms with E-state index in [1.54, 1.807) is 12.1 Å². The Morgan fingerprint density at radius 1 is 1.26 bits per heavy atom. The fourth-order valence-corrected chi connectivity index (χ4v) is 2.08. The summed E-state index contributed by atoms with van der Waals surface area (Å²) < 4.78 is 5.86. The summed E-state index contributed by atoms with van der Waals surface area (Å²) in [6, 6.07) is 11.0. The number of ether oxygens (including phenoxy) is 1. The van der Waals surface area contributed by atoms with Gasteiger partial charge in [0.25, 0.3) is 0 Å². The maximum absolute atomic E-state index is 9.69. The van der Waals surface area contributed by atoms with Gasteiger partial charge in [0, 0.05) is 16.7 Å². The van der Waals surface area contributed by atoms with Gasteiger partial charge < -0.3 is 15.2 Å². The Bertz CT molecular complexity index is 590. The Kier molecular flexibility index (Phi) is 4.56. The molecule has 0 aliphatic rings. The first kappa shape index (κ1) is 14.0. The molecule has 2 aromatic rings. The summed E-state index contributed by atoms with van der Waals surface area (Å²) in [5, 5.41) is 13.6. The van der Waals surface area contributed by atoms with E-state index in [-0.39, 0.29) is 5.75 Å². The summed E-state index contributed by atoms with van der Waals surface area (Å²) in [6.45, 7) is 0.593. The fraction of sp³-hybridized carbons (Fsp3) is 0.143. The predicted molar refractivity (Wildman–Crippen MR) is 81.1 cm³/mol. The summed E-state index contributed by atoms with van der Waals surface area (Å²) in [5.74, 6) is 0.603. The van der Waals surface area contributed by atoms with E-state index in [2.05, 4.69) is 21.2 Å². The monoisotopic (exact) mass is 341 g/mol. The second-order valence-electron chi connectivity index (χ2n) is 3.99. The SMILES string of the molecule is COc1ccc(CNc2ccc(Br)c(Cl)c2)cc1O. The van der Waals surface area contributed by atoms with Crippen LogP contribution in [0.5, 0.6) is 11.5 Å². The van der Waals surface area contributed by atoms with Crippen LogP contribution in [0.4, 0.5) is 5.69 Å². The number of nitrogens with one attached hydrogen (secondary N) is 1. The van der Waals surface area contributed by atoms with Gasteiger partial charge in [-0.3, -0.25) is 0 Å². The van der Waals surface area contributed by atoms with Crippen molar-refractivity contribution in [1.29, 1.82) is 0 Å². The quantitative estimate of drug-likeness (QED) is 0.863. The third kappa shape index (κ3) is 3.55. The molecular weight excluding hydrogens is 330 g/mol. The highest BCUT2D eigenvalue weighted by atomic mass is 79.9. The van der Waals surface area contributed by atoms with Gasteiger partial charge >= 0.3 is 0 Å². The standard InChI is InChI=1S/C14H13BrClNO2/c1-19-14-5-2-9(6-13(14)18)8-17-10-3-4-11(15)12(16)7-10/h2-7,17-18H,8H2,1H3. The number of hydrogen-bond acceptors (Lipinski definition) is 3. The number of rotatable bonds is 4. The van der Waals surface area contributed by atoms with Crippen LogP contribution >= 0.6 is 27.5 Å². The van der Waals surface area contributed by atoms with E-state index in [0.717, 1.165) is 15.7 Å². The number of methoxy groups -OCH3 is 1. The number of aromatic hydroxyl groups is 1. The molecular formula is C14H13BrClNO2. The van der Waals surface area contributed by atoms with Crippen LogP contribution < -0.4 is 10.1 Å². The van der Waals surface area contributed by atoms with Crippen LogP contribution in [0.3, 0.4) is 0 Å². The van der Waals surface area contributed by atoms with Crippen molar-refractivity contribution in [2.75, 3.05) is 12.4 Å². The Hall–Kier alpha value is -1.39. The van der Waals surface area contributed by atoms with Crippen molar-refractivity contribution in [2.45, 2.75) is 6.54 Å². The Labute approximate surface area is 125 Å². The zero-order valence-electron chi connectivity index (χ0n) is 10.3. The maximum Gasteiger partial charge on any atom is 0.160 e. The molecule has 0 radical (unpaired) electrons.